The number of nitro benzene ring substituents is 1. The molecule has 0 fully saturated rings. The van der Waals surface area contributed by atoms with Crippen molar-refractivity contribution in [3.63, 3.8) is 0 Å². The third-order valence-corrected chi connectivity index (χ3v) is 4.74. The van der Waals surface area contributed by atoms with Crippen LogP contribution in [-0.4, -0.2) is 15.0 Å². The van der Waals surface area contributed by atoms with Crippen molar-refractivity contribution in [1.82, 2.24) is 10.1 Å². The second kappa shape index (κ2) is 5.20. The molecule has 0 spiro atoms. The Morgan fingerprint density at radius 2 is 2.26 bits per heavy atom. The minimum Gasteiger partial charge on any atom is -0.258 e. The van der Waals surface area contributed by atoms with E-state index < -0.39 is 0 Å². The van der Waals surface area contributed by atoms with E-state index in [2.05, 4.69) is 10.1 Å². The van der Waals surface area contributed by atoms with Gasteiger partial charge in [-0.05, 0) is 47.7 Å². The van der Waals surface area contributed by atoms with Gasteiger partial charge in [0.2, 0.25) is 0 Å². The van der Waals surface area contributed by atoms with Crippen molar-refractivity contribution >= 4 is 33.6 Å². The smallest absolute Gasteiger partial charge is 0.258 e. The summed E-state index contributed by atoms with van der Waals surface area (Å²) in [5.74, 6) is 0. The number of nitrogens with zero attached hydrogens (tertiary/aromatic N) is 4. The van der Waals surface area contributed by atoms with E-state index in [9.17, 15) is 10.1 Å². The van der Waals surface area contributed by atoms with E-state index in [0.29, 0.717) is 0 Å². The van der Waals surface area contributed by atoms with Crippen LogP contribution in [0.25, 0.3) is 16.6 Å². The van der Waals surface area contributed by atoms with Crippen molar-refractivity contribution in [3.8, 4) is 0 Å². The van der Waals surface area contributed by atoms with Gasteiger partial charge < -0.3 is 0 Å². The van der Waals surface area contributed by atoms with Gasteiger partial charge in [-0.25, -0.2) is 0 Å². The number of allylic oxidation sites excluding steroid dienone is 1. The Morgan fingerprint density at radius 3 is 3.09 bits per heavy atom. The molecule has 2 heterocycles. The molecular formula is C16H13N4O2S+. The normalized spacial score (nSPS) is 15.3. The highest BCUT2D eigenvalue weighted by Crippen LogP contribution is 2.32. The molecule has 0 radical (unpaired) electrons. The summed E-state index contributed by atoms with van der Waals surface area (Å²) in [7, 11) is 0. The van der Waals surface area contributed by atoms with Crippen LogP contribution in [0.5, 0.6) is 0 Å². The van der Waals surface area contributed by atoms with Gasteiger partial charge in [0.05, 0.1) is 4.92 Å². The summed E-state index contributed by atoms with van der Waals surface area (Å²) >= 11 is 1.56. The molecule has 3 aromatic rings. The average Bonchev–Trinajstić information content (AvgIpc) is 3.10. The van der Waals surface area contributed by atoms with Gasteiger partial charge >= 0.3 is 4.96 Å². The number of nitro groups is 1. The Labute approximate surface area is 135 Å². The monoisotopic (exact) mass is 325 g/mol. The van der Waals surface area contributed by atoms with Crippen LogP contribution in [0, 0.1) is 17.0 Å². The molecule has 7 heteroatoms. The first-order valence-corrected chi connectivity index (χ1v) is 8.06. The summed E-state index contributed by atoms with van der Waals surface area (Å²) in [5, 5.41) is 16.4. The van der Waals surface area contributed by atoms with Crippen LogP contribution in [0.1, 0.15) is 28.2 Å². The molecule has 0 unspecified atom stereocenters. The number of aryl methyl sites for hydroxylation is 2. The molecule has 0 saturated carbocycles. The lowest BCUT2D eigenvalue weighted by molar-refractivity contribution is -0.581. The van der Waals surface area contributed by atoms with Gasteiger partial charge in [-0.3, -0.25) is 10.1 Å². The first-order valence-electron chi connectivity index (χ1n) is 7.24. The highest BCUT2D eigenvalue weighted by molar-refractivity contribution is 7.16. The van der Waals surface area contributed by atoms with Crippen LogP contribution < -0.4 is 4.52 Å². The van der Waals surface area contributed by atoms with Gasteiger partial charge in [-0.2, -0.15) is 0 Å². The molecule has 4 rings (SSSR count). The fourth-order valence-corrected chi connectivity index (χ4v) is 3.63. The van der Waals surface area contributed by atoms with E-state index in [1.807, 2.05) is 29.8 Å². The Hall–Kier alpha value is -2.67. The molecule has 1 aromatic carbocycles. The van der Waals surface area contributed by atoms with Crippen molar-refractivity contribution in [3.05, 3.63) is 62.4 Å². The summed E-state index contributed by atoms with van der Waals surface area (Å²) in [6, 6.07) is 6.70. The molecule has 0 N–H and O–H groups in total. The molecule has 0 amide bonds. The third kappa shape index (κ3) is 2.39. The van der Waals surface area contributed by atoms with Crippen molar-refractivity contribution in [2.24, 2.45) is 0 Å². The minimum absolute atomic E-state index is 0.106. The van der Waals surface area contributed by atoms with Crippen molar-refractivity contribution in [1.29, 1.82) is 0 Å². The lowest BCUT2D eigenvalue weighted by atomic mass is 10.1. The van der Waals surface area contributed by atoms with Crippen LogP contribution in [0.3, 0.4) is 0 Å². The van der Waals surface area contributed by atoms with Gasteiger partial charge in [0.1, 0.15) is 11.2 Å². The van der Waals surface area contributed by atoms with Crippen molar-refractivity contribution in [2.75, 3.05) is 0 Å². The van der Waals surface area contributed by atoms with E-state index >= 15 is 0 Å². The van der Waals surface area contributed by atoms with E-state index in [4.69, 9.17) is 0 Å². The first-order chi connectivity index (χ1) is 11.1. The van der Waals surface area contributed by atoms with Crippen LogP contribution in [0.4, 0.5) is 5.69 Å². The summed E-state index contributed by atoms with van der Waals surface area (Å²) in [4.78, 5) is 15.9. The van der Waals surface area contributed by atoms with Gasteiger partial charge in [-0.15, -0.1) is 0 Å². The summed E-state index contributed by atoms with van der Waals surface area (Å²) < 4.78 is 1.89. The SMILES string of the molecule is Cc1n[n+]2c3c(cnc2s1)CC/C3=C\c1cccc([N+](=O)[O-])c1. The fraction of sp³-hybridized carbons (Fsp3) is 0.188. The maximum absolute atomic E-state index is 10.9. The molecule has 0 bridgehead atoms. The van der Waals surface area contributed by atoms with Crippen LogP contribution in [-0.2, 0) is 6.42 Å². The van der Waals surface area contributed by atoms with Gasteiger partial charge in [-0.1, -0.05) is 21.7 Å². The lowest BCUT2D eigenvalue weighted by Gasteiger charge is -1.99. The Kier molecular flexibility index (Phi) is 3.16. The summed E-state index contributed by atoms with van der Waals surface area (Å²) in [6.45, 7) is 1.96. The zero-order valence-corrected chi connectivity index (χ0v) is 13.2. The average molecular weight is 325 g/mol. The molecule has 1 aliphatic rings. The van der Waals surface area contributed by atoms with Crippen molar-refractivity contribution in [2.45, 2.75) is 19.8 Å². The summed E-state index contributed by atoms with van der Waals surface area (Å²) in [5.41, 5.74) is 4.33. The van der Waals surface area contributed by atoms with Crippen molar-refractivity contribution < 1.29 is 9.44 Å². The van der Waals surface area contributed by atoms with E-state index in [0.717, 1.165) is 39.6 Å². The highest BCUT2D eigenvalue weighted by atomic mass is 32.1. The lowest BCUT2D eigenvalue weighted by Crippen LogP contribution is -2.29. The Bertz CT molecular complexity index is 977. The third-order valence-electron chi connectivity index (χ3n) is 3.90. The number of non-ortho nitro benzene ring substituents is 1. The number of fused-ring (bicyclic) bond motifs is 3. The topological polar surface area (TPSA) is 73.0 Å². The maximum atomic E-state index is 10.9. The molecule has 0 saturated heterocycles. The first kappa shape index (κ1) is 14.0. The number of hydrogen-bond donors (Lipinski definition) is 0. The number of rotatable bonds is 2. The van der Waals surface area contributed by atoms with E-state index in [1.54, 1.807) is 23.5 Å². The largest absolute Gasteiger partial charge is 0.410 e. The van der Waals surface area contributed by atoms with Gasteiger partial charge in [0.25, 0.3) is 5.69 Å². The highest BCUT2D eigenvalue weighted by Gasteiger charge is 2.28. The van der Waals surface area contributed by atoms with Crippen LogP contribution in [0.2, 0.25) is 0 Å². The molecule has 6 nitrogen and oxygen atoms in total. The molecular weight excluding hydrogens is 312 g/mol. The molecule has 1 aliphatic carbocycles. The van der Waals surface area contributed by atoms with Crippen LogP contribution in [0.15, 0.2) is 30.5 Å². The predicted molar refractivity (Wildman–Crippen MR) is 87.1 cm³/mol. The second-order valence-electron chi connectivity index (χ2n) is 5.47. The zero-order chi connectivity index (χ0) is 16.0. The predicted octanol–water partition coefficient (Wildman–Crippen LogP) is 2.98. The number of benzene rings is 1. The maximum Gasteiger partial charge on any atom is 0.410 e. The van der Waals surface area contributed by atoms with E-state index in [1.165, 1.54) is 11.6 Å². The number of aromatic nitrogens is 3. The number of hydrogen-bond acceptors (Lipinski definition) is 5. The molecule has 23 heavy (non-hydrogen) atoms. The Balaban J connectivity index is 1.86. The molecule has 0 atom stereocenters. The molecule has 0 aliphatic heterocycles. The van der Waals surface area contributed by atoms with Crippen LogP contribution >= 0.6 is 11.3 Å². The second-order valence-corrected chi connectivity index (χ2v) is 6.63. The quantitative estimate of drug-likeness (QED) is 0.412. The zero-order valence-electron chi connectivity index (χ0n) is 12.4. The standard InChI is InChI=1S/C16H13N4O2S/c1-10-18-19-15-12(5-6-13(15)9-17-16(19)23-10)7-11-3-2-4-14(8-11)20(21)22/h2-4,7-9H,5-6H2,1H3/q+1/b12-7+. The fourth-order valence-electron chi connectivity index (χ4n) is 2.92. The molecule has 114 valence electrons. The minimum atomic E-state index is -0.370. The summed E-state index contributed by atoms with van der Waals surface area (Å²) in [6.07, 6.45) is 5.74. The van der Waals surface area contributed by atoms with Gasteiger partial charge in [0, 0.05) is 23.3 Å². The van der Waals surface area contributed by atoms with Gasteiger partial charge in [0.15, 0.2) is 5.69 Å². The van der Waals surface area contributed by atoms with E-state index in [-0.39, 0.29) is 10.6 Å². The Morgan fingerprint density at radius 1 is 1.39 bits per heavy atom. The molecule has 2 aromatic heterocycles.